The fraction of sp³-hybridized carbons (Fsp3) is 0.792. The monoisotopic (exact) mass is 434 g/mol. The molecule has 0 unspecified atom stereocenters. The van der Waals surface area contributed by atoms with Gasteiger partial charge in [-0.25, -0.2) is 0 Å². The van der Waals surface area contributed by atoms with Gasteiger partial charge < -0.3 is 18.9 Å². The van der Waals surface area contributed by atoms with Gasteiger partial charge in [-0.3, -0.25) is 14.4 Å². The number of carbonyl (C=O) groups is 3. The molecule has 2 aliphatic carbocycles. The van der Waals surface area contributed by atoms with Crippen LogP contribution in [0.25, 0.3) is 0 Å². The van der Waals surface area contributed by atoms with Crippen LogP contribution in [0.5, 0.6) is 0 Å². The Morgan fingerprint density at radius 1 is 1.23 bits per heavy atom. The molecule has 7 heteroatoms. The molecular weight excluding hydrogens is 400 g/mol. The van der Waals surface area contributed by atoms with E-state index >= 15 is 0 Å². The van der Waals surface area contributed by atoms with Crippen LogP contribution in [0.3, 0.4) is 0 Å². The van der Waals surface area contributed by atoms with Crippen LogP contribution in [0.4, 0.5) is 0 Å². The number of fused-ring (bicyclic) bond motifs is 4. The van der Waals surface area contributed by atoms with E-state index < -0.39 is 34.1 Å². The average molecular weight is 435 g/mol. The second-order valence-electron chi connectivity index (χ2n) is 10.5. The molecule has 0 amide bonds. The first-order valence-corrected chi connectivity index (χ1v) is 11.2. The van der Waals surface area contributed by atoms with Gasteiger partial charge in [0.2, 0.25) is 0 Å². The summed E-state index contributed by atoms with van der Waals surface area (Å²) >= 11 is 0. The highest BCUT2D eigenvalue weighted by Crippen LogP contribution is 2.72. The Hall–Kier alpha value is -1.89. The number of hydrogen-bond acceptors (Lipinski definition) is 7. The van der Waals surface area contributed by atoms with Gasteiger partial charge in [0.25, 0.3) is 0 Å². The first kappa shape index (κ1) is 22.3. The molecule has 2 heterocycles. The average Bonchev–Trinajstić information content (AvgIpc) is 3.23. The van der Waals surface area contributed by atoms with Gasteiger partial charge in [0.1, 0.15) is 17.8 Å². The normalized spacial score (nSPS) is 47.4. The molecule has 0 aromatic rings. The predicted molar refractivity (Wildman–Crippen MR) is 111 cm³/mol. The van der Waals surface area contributed by atoms with E-state index in [1.165, 1.54) is 13.8 Å². The largest absolute Gasteiger partial charge is 0.462 e. The molecule has 0 aromatic heterocycles. The van der Waals surface area contributed by atoms with Crippen molar-refractivity contribution in [2.75, 3.05) is 0 Å². The standard InChI is InChI=1S/C24H34O7/c1-8-21(5,30-15(4)26)19-12-24(20(27)29-19)13(2)11-18(28-14(3)25)22(6)16(24)9-10-17-23(22,7)31-17/h8,13,16-19H,1,9-12H2,2-7H3/t13-,16+,17-,18+,19-,21+,22+,23-,24-/m1/s1. The maximum Gasteiger partial charge on any atom is 0.313 e. The number of epoxide rings is 1. The van der Waals surface area contributed by atoms with Crippen molar-refractivity contribution in [2.24, 2.45) is 22.7 Å². The molecule has 9 atom stereocenters. The Kier molecular flexibility index (Phi) is 4.90. The minimum atomic E-state index is -1.11. The van der Waals surface area contributed by atoms with Crippen LogP contribution in [-0.4, -0.2) is 47.4 Å². The van der Waals surface area contributed by atoms with Crippen LogP contribution >= 0.6 is 0 Å². The molecule has 2 aliphatic heterocycles. The van der Waals surface area contributed by atoms with Gasteiger partial charge in [-0.15, -0.1) is 0 Å². The molecule has 172 valence electrons. The number of rotatable bonds is 4. The quantitative estimate of drug-likeness (QED) is 0.290. The van der Waals surface area contributed by atoms with E-state index in [0.717, 1.165) is 12.8 Å². The molecule has 1 spiro atoms. The van der Waals surface area contributed by atoms with Crippen molar-refractivity contribution in [3.05, 3.63) is 12.7 Å². The Morgan fingerprint density at radius 2 is 1.90 bits per heavy atom. The molecule has 0 aromatic carbocycles. The highest BCUT2D eigenvalue weighted by Gasteiger charge is 2.79. The number of ether oxygens (including phenoxy) is 4. The van der Waals surface area contributed by atoms with E-state index in [1.54, 1.807) is 13.0 Å². The number of hydrogen-bond donors (Lipinski definition) is 0. The first-order valence-electron chi connectivity index (χ1n) is 11.2. The Balaban J connectivity index is 1.76. The van der Waals surface area contributed by atoms with Gasteiger partial charge in [0.05, 0.1) is 11.5 Å². The van der Waals surface area contributed by atoms with Crippen molar-refractivity contribution in [3.8, 4) is 0 Å². The summed E-state index contributed by atoms with van der Waals surface area (Å²) in [5.41, 5.74) is -2.83. The number of esters is 3. The van der Waals surface area contributed by atoms with Crippen LogP contribution in [0, 0.1) is 22.7 Å². The van der Waals surface area contributed by atoms with E-state index in [9.17, 15) is 14.4 Å². The molecule has 2 saturated carbocycles. The fourth-order valence-electron chi connectivity index (χ4n) is 7.09. The summed E-state index contributed by atoms with van der Waals surface area (Å²) in [6.45, 7) is 14.6. The zero-order chi connectivity index (χ0) is 23.0. The molecule has 2 saturated heterocycles. The summed E-state index contributed by atoms with van der Waals surface area (Å²) in [6, 6.07) is 0. The number of carbonyl (C=O) groups excluding carboxylic acids is 3. The van der Waals surface area contributed by atoms with Crippen LogP contribution < -0.4 is 0 Å². The van der Waals surface area contributed by atoms with Crippen LogP contribution in [0.2, 0.25) is 0 Å². The van der Waals surface area contributed by atoms with Crippen molar-refractivity contribution < 1.29 is 33.3 Å². The van der Waals surface area contributed by atoms with Gasteiger partial charge in [0.15, 0.2) is 5.60 Å². The third-order valence-corrected chi connectivity index (χ3v) is 9.06. The van der Waals surface area contributed by atoms with Crippen molar-refractivity contribution in [2.45, 2.75) is 96.7 Å². The molecule has 4 aliphatic rings. The minimum Gasteiger partial charge on any atom is -0.462 e. The lowest BCUT2D eigenvalue weighted by Gasteiger charge is -2.59. The molecule has 7 nitrogen and oxygen atoms in total. The smallest absolute Gasteiger partial charge is 0.313 e. The molecule has 4 fully saturated rings. The summed E-state index contributed by atoms with van der Waals surface area (Å²) in [7, 11) is 0. The van der Waals surface area contributed by atoms with E-state index in [1.807, 2.05) is 6.92 Å². The van der Waals surface area contributed by atoms with Crippen molar-refractivity contribution in [1.29, 1.82) is 0 Å². The van der Waals surface area contributed by atoms with E-state index in [4.69, 9.17) is 18.9 Å². The van der Waals surface area contributed by atoms with Gasteiger partial charge in [-0.2, -0.15) is 0 Å². The Labute approximate surface area is 183 Å². The van der Waals surface area contributed by atoms with E-state index in [0.29, 0.717) is 12.8 Å². The number of cyclic esters (lactones) is 1. The highest BCUT2D eigenvalue weighted by molar-refractivity contribution is 5.81. The maximum atomic E-state index is 13.6. The lowest BCUT2D eigenvalue weighted by atomic mass is 9.43. The SMILES string of the molecule is C=C[C@](C)(OC(C)=O)[C@H]1C[C@@]2(C(=O)O1)[C@H](C)C[C@H](OC(C)=O)[C@]1(C)[C@@H]2CC[C@H]2O[C@]21C. The molecule has 0 radical (unpaired) electrons. The summed E-state index contributed by atoms with van der Waals surface area (Å²) in [5.74, 6) is -1.18. The topological polar surface area (TPSA) is 91.4 Å². The molecule has 31 heavy (non-hydrogen) atoms. The molecule has 0 N–H and O–H groups in total. The summed E-state index contributed by atoms with van der Waals surface area (Å²) in [6.07, 6.45) is 3.33. The summed E-state index contributed by atoms with van der Waals surface area (Å²) in [4.78, 5) is 37.3. The lowest BCUT2D eigenvalue weighted by Crippen LogP contribution is -2.65. The van der Waals surface area contributed by atoms with Crippen LogP contribution in [-0.2, 0) is 33.3 Å². The Bertz CT molecular complexity index is 838. The molecule has 4 rings (SSSR count). The van der Waals surface area contributed by atoms with Crippen molar-refractivity contribution in [3.63, 3.8) is 0 Å². The fourth-order valence-corrected chi connectivity index (χ4v) is 7.09. The Morgan fingerprint density at radius 3 is 2.48 bits per heavy atom. The third-order valence-electron chi connectivity index (χ3n) is 9.06. The van der Waals surface area contributed by atoms with Gasteiger partial charge >= 0.3 is 17.9 Å². The molecule has 0 bridgehead atoms. The predicted octanol–water partition coefficient (Wildman–Crippen LogP) is 3.34. The zero-order valence-corrected chi connectivity index (χ0v) is 19.4. The van der Waals surface area contributed by atoms with Gasteiger partial charge in [-0.1, -0.05) is 20.4 Å². The van der Waals surface area contributed by atoms with Crippen molar-refractivity contribution >= 4 is 17.9 Å². The summed E-state index contributed by atoms with van der Waals surface area (Å²) < 4.78 is 23.5. The minimum absolute atomic E-state index is 0.0716. The highest BCUT2D eigenvalue weighted by atomic mass is 16.6. The van der Waals surface area contributed by atoms with Gasteiger partial charge in [0, 0.05) is 25.7 Å². The van der Waals surface area contributed by atoms with E-state index in [2.05, 4.69) is 20.4 Å². The zero-order valence-electron chi connectivity index (χ0n) is 19.4. The van der Waals surface area contributed by atoms with E-state index in [-0.39, 0.29) is 36.0 Å². The van der Waals surface area contributed by atoms with Crippen LogP contribution in [0.15, 0.2) is 12.7 Å². The molecular formula is C24H34O7. The second-order valence-corrected chi connectivity index (χ2v) is 10.5. The van der Waals surface area contributed by atoms with Crippen molar-refractivity contribution in [1.82, 2.24) is 0 Å². The second kappa shape index (κ2) is 6.80. The summed E-state index contributed by atoms with van der Waals surface area (Å²) in [5, 5.41) is 0. The van der Waals surface area contributed by atoms with Gasteiger partial charge in [-0.05, 0) is 51.0 Å². The maximum absolute atomic E-state index is 13.6. The first-order chi connectivity index (χ1) is 14.3. The third kappa shape index (κ3) is 2.84. The van der Waals surface area contributed by atoms with Crippen LogP contribution in [0.1, 0.15) is 67.2 Å². The lowest BCUT2D eigenvalue weighted by molar-refractivity contribution is -0.202.